The summed E-state index contributed by atoms with van der Waals surface area (Å²) in [6.45, 7) is 0.336. The Bertz CT molecular complexity index is 910. The molecule has 1 amide bonds. The Morgan fingerprint density at radius 1 is 1.17 bits per heavy atom. The Morgan fingerprint density at radius 3 is 2.57 bits per heavy atom. The van der Waals surface area contributed by atoms with Crippen molar-refractivity contribution in [2.45, 2.75) is 13.0 Å². The van der Waals surface area contributed by atoms with Crippen molar-refractivity contribution in [2.24, 2.45) is 0 Å². The molecule has 0 aliphatic heterocycles. The maximum atomic E-state index is 13.4. The number of aromatic amines is 1. The first-order valence-electron chi connectivity index (χ1n) is 7.23. The van der Waals surface area contributed by atoms with Gasteiger partial charge >= 0.3 is 5.69 Å². The second-order valence-electron chi connectivity index (χ2n) is 5.34. The zero-order valence-corrected chi connectivity index (χ0v) is 12.6. The zero-order chi connectivity index (χ0) is 16.4. The summed E-state index contributed by atoms with van der Waals surface area (Å²) in [7, 11) is 1.60. The second kappa shape index (κ2) is 6.08. The van der Waals surface area contributed by atoms with Crippen LogP contribution in [0.15, 0.2) is 47.3 Å². The van der Waals surface area contributed by atoms with Crippen LogP contribution in [0, 0.1) is 5.82 Å². The number of hydrogen-bond acceptors (Lipinski definition) is 2. The summed E-state index contributed by atoms with van der Waals surface area (Å²) in [5, 5.41) is 2.57. The monoisotopic (exact) mass is 313 g/mol. The average molecular weight is 313 g/mol. The highest BCUT2D eigenvalue weighted by atomic mass is 19.1. The molecule has 118 valence electrons. The number of likely N-dealkylation sites (N-methyl/N-ethyl adjacent to an activating group) is 1. The van der Waals surface area contributed by atoms with Crippen LogP contribution in [-0.2, 0) is 17.8 Å². The molecule has 5 nitrogen and oxygen atoms in total. The molecule has 0 spiro atoms. The largest absolute Gasteiger partial charge is 0.359 e. The van der Waals surface area contributed by atoms with E-state index in [0.717, 1.165) is 11.1 Å². The summed E-state index contributed by atoms with van der Waals surface area (Å²) in [6, 6.07) is 11.6. The molecule has 6 heteroatoms. The van der Waals surface area contributed by atoms with Gasteiger partial charge in [0.15, 0.2) is 0 Å². The van der Waals surface area contributed by atoms with Crippen LogP contribution in [0.5, 0.6) is 0 Å². The van der Waals surface area contributed by atoms with Gasteiger partial charge in [-0.05, 0) is 29.3 Å². The summed E-state index contributed by atoms with van der Waals surface area (Å²) < 4.78 is 14.9. The zero-order valence-electron chi connectivity index (χ0n) is 12.6. The van der Waals surface area contributed by atoms with Gasteiger partial charge in [0.2, 0.25) is 5.91 Å². The number of aromatic nitrogens is 2. The SMILES string of the molecule is CNC(=O)Cc1ccc(Cn2c(=O)[nH]c3ccc(F)cc32)cc1. The maximum absolute atomic E-state index is 13.4. The highest BCUT2D eigenvalue weighted by Gasteiger charge is 2.08. The van der Waals surface area contributed by atoms with Crippen LogP contribution < -0.4 is 11.0 Å². The van der Waals surface area contributed by atoms with E-state index in [1.54, 1.807) is 13.1 Å². The number of benzene rings is 2. The minimum absolute atomic E-state index is 0.0546. The number of carbonyl (C=O) groups is 1. The lowest BCUT2D eigenvalue weighted by Crippen LogP contribution is -2.20. The molecule has 2 N–H and O–H groups in total. The lowest BCUT2D eigenvalue weighted by atomic mass is 10.1. The predicted octanol–water partition coefficient (Wildman–Crippen LogP) is 1.81. The third kappa shape index (κ3) is 3.15. The van der Waals surface area contributed by atoms with Gasteiger partial charge in [-0.25, -0.2) is 9.18 Å². The average Bonchev–Trinajstić information content (AvgIpc) is 2.84. The van der Waals surface area contributed by atoms with Gasteiger partial charge in [0.25, 0.3) is 0 Å². The van der Waals surface area contributed by atoms with Crippen LogP contribution in [0.25, 0.3) is 11.0 Å². The van der Waals surface area contributed by atoms with Crippen molar-refractivity contribution in [3.63, 3.8) is 0 Å². The van der Waals surface area contributed by atoms with Gasteiger partial charge in [-0.2, -0.15) is 0 Å². The Hall–Kier alpha value is -2.89. The smallest absolute Gasteiger partial charge is 0.326 e. The van der Waals surface area contributed by atoms with Gasteiger partial charge in [0.1, 0.15) is 5.82 Å². The number of amides is 1. The first-order chi connectivity index (χ1) is 11.1. The topological polar surface area (TPSA) is 66.9 Å². The van der Waals surface area contributed by atoms with E-state index in [0.29, 0.717) is 24.0 Å². The molecule has 0 radical (unpaired) electrons. The second-order valence-corrected chi connectivity index (χ2v) is 5.34. The van der Waals surface area contributed by atoms with Crippen molar-refractivity contribution in [1.29, 1.82) is 0 Å². The van der Waals surface area contributed by atoms with Crippen molar-refractivity contribution < 1.29 is 9.18 Å². The summed E-state index contributed by atoms with van der Waals surface area (Å²) in [4.78, 5) is 26.1. The van der Waals surface area contributed by atoms with E-state index >= 15 is 0 Å². The van der Waals surface area contributed by atoms with Gasteiger partial charge in [-0.3, -0.25) is 9.36 Å². The molecule has 2 aromatic carbocycles. The summed E-state index contributed by atoms with van der Waals surface area (Å²) in [6.07, 6.45) is 0.315. The van der Waals surface area contributed by atoms with Crippen molar-refractivity contribution >= 4 is 16.9 Å². The first-order valence-corrected chi connectivity index (χ1v) is 7.23. The number of hydrogen-bond donors (Lipinski definition) is 2. The number of H-pyrrole nitrogens is 1. The van der Waals surface area contributed by atoms with E-state index in [2.05, 4.69) is 10.3 Å². The Labute approximate surface area is 131 Å². The molecule has 0 bridgehead atoms. The number of nitrogens with zero attached hydrogens (tertiary/aromatic N) is 1. The van der Waals surface area contributed by atoms with Crippen LogP contribution in [-0.4, -0.2) is 22.5 Å². The minimum Gasteiger partial charge on any atom is -0.359 e. The number of nitrogens with one attached hydrogen (secondary N) is 2. The van der Waals surface area contributed by atoms with E-state index < -0.39 is 0 Å². The molecule has 0 atom stereocenters. The van der Waals surface area contributed by atoms with Crippen molar-refractivity contribution in [3.05, 3.63) is 69.9 Å². The van der Waals surface area contributed by atoms with Crippen LogP contribution in [0.3, 0.4) is 0 Å². The molecule has 0 fully saturated rings. The van der Waals surface area contributed by atoms with Gasteiger partial charge in [-0.1, -0.05) is 24.3 Å². The normalized spacial score (nSPS) is 10.9. The fraction of sp³-hybridized carbons (Fsp3) is 0.176. The maximum Gasteiger partial charge on any atom is 0.326 e. The third-order valence-electron chi connectivity index (χ3n) is 3.74. The Morgan fingerprint density at radius 2 is 1.87 bits per heavy atom. The molecule has 0 unspecified atom stereocenters. The van der Waals surface area contributed by atoms with Crippen molar-refractivity contribution in [3.8, 4) is 0 Å². The molecule has 3 aromatic rings. The van der Waals surface area contributed by atoms with Gasteiger partial charge < -0.3 is 10.3 Å². The van der Waals surface area contributed by atoms with E-state index in [1.165, 1.54) is 16.7 Å². The van der Waals surface area contributed by atoms with E-state index in [1.807, 2.05) is 24.3 Å². The van der Waals surface area contributed by atoms with Crippen LogP contribution in [0.4, 0.5) is 4.39 Å². The molecule has 1 aromatic heterocycles. The summed E-state index contributed by atoms with van der Waals surface area (Å²) in [5.74, 6) is -0.438. The number of rotatable bonds is 4. The molecule has 0 aliphatic rings. The van der Waals surface area contributed by atoms with E-state index in [9.17, 15) is 14.0 Å². The molecule has 23 heavy (non-hydrogen) atoms. The number of carbonyl (C=O) groups excluding carboxylic acids is 1. The molecule has 3 rings (SSSR count). The van der Waals surface area contributed by atoms with Crippen LogP contribution in [0.1, 0.15) is 11.1 Å². The fourth-order valence-corrected chi connectivity index (χ4v) is 2.50. The Kier molecular flexibility index (Phi) is 3.97. The lowest BCUT2D eigenvalue weighted by Gasteiger charge is -2.06. The van der Waals surface area contributed by atoms with Crippen LogP contribution >= 0.6 is 0 Å². The highest BCUT2D eigenvalue weighted by Crippen LogP contribution is 2.14. The number of fused-ring (bicyclic) bond motifs is 1. The fourth-order valence-electron chi connectivity index (χ4n) is 2.50. The van der Waals surface area contributed by atoms with Gasteiger partial charge in [-0.15, -0.1) is 0 Å². The quantitative estimate of drug-likeness (QED) is 0.771. The van der Waals surface area contributed by atoms with Gasteiger partial charge in [0, 0.05) is 7.05 Å². The van der Waals surface area contributed by atoms with Crippen molar-refractivity contribution in [1.82, 2.24) is 14.9 Å². The number of imidazole rings is 1. The number of halogens is 1. The Balaban J connectivity index is 1.87. The third-order valence-corrected chi connectivity index (χ3v) is 3.74. The summed E-state index contributed by atoms with van der Waals surface area (Å²) in [5.41, 5.74) is 2.65. The molecule has 0 saturated carbocycles. The standard InChI is InChI=1S/C17H16FN3O2/c1-19-16(22)8-11-2-4-12(5-3-11)10-21-15-9-13(18)6-7-14(15)20-17(21)23/h2-7,9H,8,10H2,1H3,(H,19,22)(H,20,23). The molecule has 1 heterocycles. The van der Waals surface area contributed by atoms with E-state index in [4.69, 9.17) is 0 Å². The molecule has 0 saturated heterocycles. The van der Waals surface area contributed by atoms with Crippen molar-refractivity contribution in [2.75, 3.05) is 7.05 Å². The van der Waals surface area contributed by atoms with Gasteiger partial charge in [0.05, 0.1) is 24.0 Å². The minimum atomic E-state index is -0.383. The molecule has 0 aliphatic carbocycles. The molecular formula is C17H16FN3O2. The van der Waals surface area contributed by atoms with E-state index in [-0.39, 0.29) is 17.4 Å². The molecular weight excluding hydrogens is 297 g/mol. The first kappa shape index (κ1) is 15.0. The van der Waals surface area contributed by atoms with Crippen LogP contribution in [0.2, 0.25) is 0 Å². The predicted molar refractivity (Wildman–Crippen MR) is 85.8 cm³/mol. The lowest BCUT2D eigenvalue weighted by molar-refractivity contribution is -0.119. The summed E-state index contributed by atoms with van der Waals surface area (Å²) >= 11 is 0. The highest BCUT2D eigenvalue weighted by molar-refractivity contribution is 5.78.